The van der Waals surface area contributed by atoms with Crippen LogP contribution in [-0.4, -0.2) is 23.7 Å². The number of aliphatic hydroxyl groups is 1. The first kappa shape index (κ1) is 14.5. The van der Waals surface area contributed by atoms with E-state index in [1.54, 1.807) is 19.1 Å². The van der Waals surface area contributed by atoms with Crippen molar-refractivity contribution in [1.82, 2.24) is 5.32 Å². The molecular formula is C14H21NO3. The highest BCUT2D eigenvalue weighted by molar-refractivity contribution is 5.77. The van der Waals surface area contributed by atoms with Crippen molar-refractivity contribution in [2.45, 2.75) is 39.3 Å². The first-order valence-electron chi connectivity index (χ1n) is 6.23. The van der Waals surface area contributed by atoms with Crippen LogP contribution in [0.25, 0.3) is 0 Å². The molecule has 1 amide bonds. The summed E-state index contributed by atoms with van der Waals surface area (Å²) >= 11 is 0. The predicted molar refractivity (Wildman–Crippen MR) is 70.5 cm³/mol. The number of rotatable bonds is 6. The minimum atomic E-state index is -0.612. The van der Waals surface area contributed by atoms with Crippen molar-refractivity contribution in [2.24, 2.45) is 0 Å². The minimum Gasteiger partial charge on any atom is -0.483 e. The zero-order valence-electron chi connectivity index (χ0n) is 11.1. The molecule has 1 aromatic carbocycles. The topological polar surface area (TPSA) is 58.6 Å². The number of ether oxygens (including phenoxy) is 1. The maximum atomic E-state index is 11.6. The van der Waals surface area contributed by atoms with Gasteiger partial charge < -0.3 is 15.2 Å². The minimum absolute atomic E-state index is 0.0337. The largest absolute Gasteiger partial charge is 0.483 e. The molecule has 0 bridgehead atoms. The van der Waals surface area contributed by atoms with Gasteiger partial charge in [0.1, 0.15) is 5.75 Å². The smallest absolute Gasteiger partial charge is 0.258 e. The fourth-order valence-corrected chi connectivity index (χ4v) is 1.52. The number of hydrogen-bond acceptors (Lipinski definition) is 3. The summed E-state index contributed by atoms with van der Waals surface area (Å²) in [5, 5.41) is 12.4. The van der Waals surface area contributed by atoms with Crippen LogP contribution in [0.4, 0.5) is 0 Å². The summed E-state index contributed by atoms with van der Waals surface area (Å²) in [5.41, 5.74) is 0.689. The van der Waals surface area contributed by atoms with Gasteiger partial charge in [-0.3, -0.25) is 4.79 Å². The molecule has 0 aliphatic carbocycles. The highest BCUT2D eigenvalue weighted by Crippen LogP contribution is 2.24. The second kappa shape index (κ2) is 7.01. The number of amides is 1. The summed E-state index contributed by atoms with van der Waals surface area (Å²) in [6.45, 7) is 5.59. The summed E-state index contributed by atoms with van der Waals surface area (Å²) in [6, 6.07) is 7.32. The molecule has 0 aromatic heterocycles. The van der Waals surface area contributed by atoms with E-state index in [0.29, 0.717) is 11.3 Å². The Morgan fingerprint density at radius 2 is 2.06 bits per heavy atom. The maximum Gasteiger partial charge on any atom is 0.258 e. The van der Waals surface area contributed by atoms with E-state index in [4.69, 9.17) is 4.74 Å². The third kappa shape index (κ3) is 4.37. The highest BCUT2D eigenvalue weighted by atomic mass is 16.5. The Morgan fingerprint density at radius 3 is 2.67 bits per heavy atom. The number of aliphatic hydroxyl groups excluding tert-OH is 1. The molecule has 0 spiro atoms. The van der Waals surface area contributed by atoms with Gasteiger partial charge in [-0.25, -0.2) is 0 Å². The summed E-state index contributed by atoms with van der Waals surface area (Å²) in [4.78, 5) is 11.6. The maximum absolute atomic E-state index is 11.6. The van der Waals surface area contributed by atoms with Crippen LogP contribution < -0.4 is 10.1 Å². The van der Waals surface area contributed by atoms with Crippen LogP contribution in [0, 0.1) is 0 Å². The van der Waals surface area contributed by atoms with Crippen molar-refractivity contribution in [2.75, 3.05) is 6.61 Å². The molecule has 0 aliphatic heterocycles. The summed E-state index contributed by atoms with van der Waals surface area (Å²) in [6.07, 6.45) is 0.273. The highest BCUT2D eigenvalue weighted by Gasteiger charge is 2.11. The molecule has 2 N–H and O–H groups in total. The normalized spacial score (nSPS) is 13.8. The van der Waals surface area contributed by atoms with Gasteiger partial charge in [0.05, 0.1) is 6.10 Å². The summed E-state index contributed by atoms with van der Waals surface area (Å²) in [7, 11) is 0. The van der Waals surface area contributed by atoms with Crippen LogP contribution >= 0.6 is 0 Å². The fourth-order valence-electron chi connectivity index (χ4n) is 1.52. The SMILES string of the molecule is CCC(C)NC(=O)COc1ccccc1C(C)O. The molecule has 0 radical (unpaired) electrons. The molecule has 2 unspecified atom stereocenters. The predicted octanol–water partition coefficient (Wildman–Crippen LogP) is 2.03. The van der Waals surface area contributed by atoms with Gasteiger partial charge in [0.25, 0.3) is 5.91 Å². The standard InChI is InChI=1S/C14H21NO3/c1-4-10(2)15-14(17)9-18-13-8-6-5-7-12(13)11(3)16/h5-8,10-11,16H,4,9H2,1-3H3,(H,15,17). The quantitative estimate of drug-likeness (QED) is 0.813. The number of para-hydroxylation sites is 1. The molecule has 0 saturated carbocycles. The number of benzene rings is 1. The lowest BCUT2D eigenvalue weighted by Gasteiger charge is -2.15. The monoisotopic (exact) mass is 251 g/mol. The molecule has 100 valence electrons. The molecule has 0 fully saturated rings. The van der Waals surface area contributed by atoms with Crippen molar-refractivity contribution in [3.8, 4) is 5.75 Å². The lowest BCUT2D eigenvalue weighted by Crippen LogP contribution is -2.35. The van der Waals surface area contributed by atoms with Gasteiger partial charge in [-0.1, -0.05) is 25.1 Å². The number of carbonyl (C=O) groups excluding carboxylic acids is 1. The number of nitrogens with one attached hydrogen (secondary N) is 1. The van der Waals surface area contributed by atoms with E-state index in [2.05, 4.69) is 5.32 Å². The summed E-state index contributed by atoms with van der Waals surface area (Å²) < 4.78 is 5.43. The van der Waals surface area contributed by atoms with E-state index < -0.39 is 6.10 Å². The van der Waals surface area contributed by atoms with E-state index >= 15 is 0 Å². The van der Waals surface area contributed by atoms with Crippen LogP contribution in [-0.2, 0) is 4.79 Å². The average molecular weight is 251 g/mol. The van der Waals surface area contributed by atoms with Crippen molar-refractivity contribution < 1.29 is 14.6 Å². The summed E-state index contributed by atoms with van der Waals surface area (Å²) in [5.74, 6) is 0.400. The molecule has 4 heteroatoms. The Kier molecular flexibility index (Phi) is 5.65. The van der Waals surface area contributed by atoms with E-state index in [9.17, 15) is 9.90 Å². The lowest BCUT2D eigenvalue weighted by atomic mass is 10.1. The second-order valence-electron chi connectivity index (χ2n) is 4.38. The third-order valence-corrected chi connectivity index (χ3v) is 2.75. The van der Waals surface area contributed by atoms with Crippen LogP contribution in [0.3, 0.4) is 0 Å². The van der Waals surface area contributed by atoms with E-state index in [1.807, 2.05) is 26.0 Å². The zero-order chi connectivity index (χ0) is 13.5. The third-order valence-electron chi connectivity index (χ3n) is 2.75. The van der Waals surface area contributed by atoms with E-state index in [0.717, 1.165) is 6.42 Å². The Hall–Kier alpha value is -1.55. The molecule has 1 aromatic rings. The first-order chi connectivity index (χ1) is 8.54. The van der Waals surface area contributed by atoms with Gasteiger partial charge in [-0.15, -0.1) is 0 Å². The van der Waals surface area contributed by atoms with Crippen molar-refractivity contribution in [1.29, 1.82) is 0 Å². The molecule has 0 heterocycles. The van der Waals surface area contributed by atoms with Gasteiger partial charge >= 0.3 is 0 Å². The molecule has 2 atom stereocenters. The van der Waals surface area contributed by atoms with E-state index in [1.165, 1.54) is 0 Å². The Balaban J connectivity index is 2.56. The number of hydrogen-bond donors (Lipinski definition) is 2. The van der Waals surface area contributed by atoms with Crippen LogP contribution in [0.5, 0.6) is 5.75 Å². The van der Waals surface area contributed by atoms with Gasteiger partial charge in [0.2, 0.25) is 0 Å². The Bertz CT molecular complexity index is 390. The molecule has 0 saturated heterocycles. The molecular weight excluding hydrogens is 230 g/mol. The second-order valence-corrected chi connectivity index (χ2v) is 4.38. The molecule has 1 rings (SSSR count). The van der Waals surface area contributed by atoms with Gasteiger partial charge in [-0.05, 0) is 26.3 Å². The van der Waals surface area contributed by atoms with Crippen molar-refractivity contribution >= 4 is 5.91 Å². The van der Waals surface area contributed by atoms with Gasteiger partial charge in [0, 0.05) is 11.6 Å². The number of carbonyl (C=O) groups is 1. The van der Waals surface area contributed by atoms with Crippen LogP contribution in [0.1, 0.15) is 38.9 Å². The van der Waals surface area contributed by atoms with Crippen LogP contribution in [0.15, 0.2) is 24.3 Å². The lowest BCUT2D eigenvalue weighted by molar-refractivity contribution is -0.123. The fraction of sp³-hybridized carbons (Fsp3) is 0.500. The molecule has 4 nitrogen and oxygen atoms in total. The van der Waals surface area contributed by atoms with Gasteiger partial charge in [0.15, 0.2) is 6.61 Å². The first-order valence-corrected chi connectivity index (χ1v) is 6.23. The molecule has 0 aliphatic rings. The van der Waals surface area contributed by atoms with E-state index in [-0.39, 0.29) is 18.6 Å². The molecule has 18 heavy (non-hydrogen) atoms. The Labute approximate surface area is 108 Å². The van der Waals surface area contributed by atoms with Gasteiger partial charge in [-0.2, -0.15) is 0 Å². The van der Waals surface area contributed by atoms with Crippen molar-refractivity contribution in [3.05, 3.63) is 29.8 Å². The average Bonchev–Trinajstić information content (AvgIpc) is 2.36. The van der Waals surface area contributed by atoms with Crippen molar-refractivity contribution in [3.63, 3.8) is 0 Å². The Morgan fingerprint density at radius 1 is 1.39 bits per heavy atom. The zero-order valence-corrected chi connectivity index (χ0v) is 11.1. The van der Waals surface area contributed by atoms with Crippen LogP contribution in [0.2, 0.25) is 0 Å².